The normalized spacial score (nSPS) is 10.3. The zero-order valence-corrected chi connectivity index (χ0v) is 14.2. The Hall–Kier alpha value is -3.39. The number of nitro groups is 1. The highest BCUT2D eigenvalue weighted by Gasteiger charge is 2.09. The monoisotopic (exact) mass is 371 g/mol. The number of aromatic nitrogens is 2. The first-order valence-corrected chi connectivity index (χ1v) is 7.98. The number of nitrogens with zero attached hydrogens (tertiary/aromatic N) is 3. The van der Waals surface area contributed by atoms with Crippen LogP contribution in [0.4, 0.5) is 17.1 Å². The summed E-state index contributed by atoms with van der Waals surface area (Å²) in [5.74, 6) is -0.301. The number of non-ortho nitro benzene ring substituents is 1. The molecule has 0 fully saturated rings. The minimum atomic E-state index is -0.497. The van der Waals surface area contributed by atoms with Crippen LogP contribution in [0.3, 0.4) is 0 Å². The minimum absolute atomic E-state index is 0.00833. The third-order valence-corrected chi connectivity index (χ3v) is 3.75. The largest absolute Gasteiger partial charge is 0.374 e. The molecule has 1 heterocycles. The summed E-state index contributed by atoms with van der Waals surface area (Å²) < 4.78 is 1.66. The fourth-order valence-electron chi connectivity index (χ4n) is 2.31. The van der Waals surface area contributed by atoms with Gasteiger partial charge in [-0.3, -0.25) is 14.9 Å². The molecule has 132 valence electrons. The summed E-state index contributed by atoms with van der Waals surface area (Å²) in [6, 6.07) is 12.6. The number of carbonyl (C=O) groups excluding carboxylic acids is 1. The number of hydrogen-bond donors (Lipinski definition) is 2. The Morgan fingerprint density at radius 2 is 2.00 bits per heavy atom. The van der Waals surface area contributed by atoms with Gasteiger partial charge in [0.1, 0.15) is 0 Å². The number of anilines is 2. The van der Waals surface area contributed by atoms with E-state index < -0.39 is 4.92 Å². The van der Waals surface area contributed by atoms with Gasteiger partial charge in [-0.05, 0) is 36.4 Å². The molecule has 0 aliphatic rings. The average Bonchev–Trinajstić information content (AvgIpc) is 3.15. The van der Waals surface area contributed by atoms with E-state index in [9.17, 15) is 14.9 Å². The van der Waals surface area contributed by atoms with Gasteiger partial charge in [-0.25, -0.2) is 4.68 Å². The van der Waals surface area contributed by atoms with Gasteiger partial charge in [-0.15, -0.1) is 0 Å². The van der Waals surface area contributed by atoms with Crippen molar-refractivity contribution in [1.82, 2.24) is 9.78 Å². The predicted molar refractivity (Wildman–Crippen MR) is 98.8 cm³/mol. The highest BCUT2D eigenvalue weighted by Crippen LogP contribution is 2.24. The van der Waals surface area contributed by atoms with E-state index in [-0.39, 0.29) is 18.1 Å². The van der Waals surface area contributed by atoms with E-state index in [1.807, 2.05) is 0 Å². The highest BCUT2D eigenvalue weighted by atomic mass is 35.5. The second-order valence-electron chi connectivity index (χ2n) is 5.32. The number of benzene rings is 2. The molecule has 0 radical (unpaired) electrons. The van der Waals surface area contributed by atoms with Crippen LogP contribution in [-0.4, -0.2) is 27.2 Å². The molecular formula is C17H14ClN5O3. The first-order valence-electron chi connectivity index (χ1n) is 7.61. The second kappa shape index (κ2) is 7.66. The van der Waals surface area contributed by atoms with E-state index >= 15 is 0 Å². The molecule has 9 heteroatoms. The van der Waals surface area contributed by atoms with Gasteiger partial charge in [0.05, 0.1) is 22.8 Å². The van der Waals surface area contributed by atoms with Crippen LogP contribution in [0, 0.1) is 10.1 Å². The van der Waals surface area contributed by atoms with Gasteiger partial charge in [0.15, 0.2) is 0 Å². The molecular weight excluding hydrogens is 358 g/mol. The van der Waals surface area contributed by atoms with Crippen molar-refractivity contribution < 1.29 is 9.72 Å². The van der Waals surface area contributed by atoms with E-state index in [1.165, 1.54) is 24.3 Å². The van der Waals surface area contributed by atoms with Crippen LogP contribution < -0.4 is 10.6 Å². The molecule has 0 aliphatic carbocycles. The third-order valence-electron chi connectivity index (χ3n) is 3.51. The lowest BCUT2D eigenvalue weighted by atomic mass is 10.2. The maximum absolute atomic E-state index is 12.1. The van der Waals surface area contributed by atoms with Crippen LogP contribution in [-0.2, 0) is 4.79 Å². The van der Waals surface area contributed by atoms with Crippen molar-refractivity contribution in [1.29, 1.82) is 0 Å². The van der Waals surface area contributed by atoms with Gasteiger partial charge in [-0.1, -0.05) is 11.6 Å². The highest BCUT2D eigenvalue weighted by molar-refractivity contribution is 6.31. The summed E-state index contributed by atoms with van der Waals surface area (Å²) in [7, 11) is 0. The summed E-state index contributed by atoms with van der Waals surface area (Å²) >= 11 is 6.04. The van der Waals surface area contributed by atoms with Crippen LogP contribution in [0.25, 0.3) is 5.69 Å². The van der Waals surface area contributed by atoms with Gasteiger partial charge in [0.2, 0.25) is 5.91 Å². The Bertz CT molecular complexity index is 926. The molecule has 8 nitrogen and oxygen atoms in total. The molecule has 0 aliphatic heterocycles. The predicted octanol–water partition coefficient (Wildman–Crippen LogP) is 3.48. The van der Waals surface area contributed by atoms with Crippen molar-refractivity contribution in [3.8, 4) is 5.69 Å². The number of hydrogen-bond acceptors (Lipinski definition) is 5. The van der Waals surface area contributed by atoms with Crippen molar-refractivity contribution in [2.45, 2.75) is 0 Å². The number of amides is 1. The van der Waals surface area contributed by atoms with Crippen molar-refractivity contribution in [2.75, 3.05) is 17.2 Å². The van der Waals surface area contributed by atoms with Crippen molar-refractivity contribution in [3.63, 3.8) is 0 Å². The van der Waals surface area contributed by atoms with Gasteiger partial charge in [0.25, 0.3) is 5.69 Å². The topological polar surface area (TPSA) is 102 Å². The maximum atomic E-state index is 12.1. The SMILES string of the molecule is O=C(CNc1cc(Cl)ccc1-n1cccn1)Nc1ccc([N+](=O)[O-])cc1. The minimum Gasteiger partial charge on any atom is -0.374 e. The number of carbonyl (C=O) groups is 1. The lowest BCUT2D eigenvalue weighted by Gasteiger charge is -2.13. The molecule has 0 saturated heterocycles. The van der Waals surface area contributed by atoms with Gasteiger partial charge >= 0.3 is 0 Å². The third kappa shape index (κ3) is 4.17. The molecule has 3 aromatic rings. The number of nitrogens with one attached hydrogen (secondary N) is 2. The van der Waals surface area contributed by atoms with Crippen molar-refractivity contribution >= 4 is 34.6 Å². The molecule has 0 unspecified atom stereocenters. The van der Waals surface area contributed by atoms with E-state index in [0.29, 0.717) is 16.4 Å². The summed E-state index contributed by atoms with van der Waals surface area (Å²) in [6.45, 7) is -0.00833. The van der Waals surface area contributed by atoms with Gasteiger partial charge in [0, 0.05) is 35.2 Å². The molecule has 26 heavy (non-hydrogen) atoms. The number of rotatable bonds is 6. The van der Waals surface area contributed by atoms with Crippen molar-refractivity contribution in [2.24, 2.45) is 0 Å². The van der Waals surface area contributed by atoms with Crippen LogP contribution in [0.5, 0.6) is 0 Å². The molecule has 2 N–H and O–H groups in total. The number of nitro benzene ring substituents is 1. The van der Waals surface area contributed by atoms with E-state index in [1.54, 1.807) is 41.3 Å². The quantitative estimate of drug-likeness (QED) is 0.510. The Morgan fingerprint density at radius 3 is 2.65 bits per heavy atom. The summed E-state index contributed by atoms with van der Waals surface area (Å²) in [6.07, 6.45) is 3.44. The van der Waals surface area contributed by atoms with Crippen LogP contribution in [0.1, 0.15) is 0 Å². The van der Waals surface area contributed by atoms with E-state index in [0.717, 1.165) is 5.69 Å². The van der Waals surface area contributed by atoms with Crippen LogP contribution in [0.15, 0.2) is 60.9 Å². The molecule has 3 rings (SSSR count). The Morgan fingerprint density at radius 1 is 1.23 bits per heavy atom. The van der Waals surface area contributed by atoms with Crippen LogP contribution in [0.2, 0.25) is 5.02 Å². The molecule has 1 amide bonds. The standard InChI is InChI=1S/C17H14ClN5O3/c18-12-2-7-16(22-9-1-8-20-22)15(10-12)19-11-17(24)21-13-3-5-14(6-4-13)23(25)26/h1-10,19H,11H2,(H,21,24). The fraction of sp³-hybridized carbons (Fsp3) is 0.0588. The maximum Gasteiger partial charge on any atom is 0.269 e. The fourth-order valence-corrected chi connectivity index (χ4v) is 2.48. The zero-order chi connectivity index (χ0) is 18.5. The zero-order valence-electron chi connectivity index (χ0n) is 13.4. The molecule has 0 atom stereocenters. The molecule has 0 spiro atoms. The number of halogens is 1. The smallest absolute Gasteiger partial charge is 0.269 e. The summed E-state index contributed by atoms with van der Waals surface area (Å²) in [4.78, 5) is 22.3. The Kier molecular flexibility index (Phi) is 5.14. The molecule has 0 saturated carbocycles. The lowest BCUT2D eigenvalue weighted by molar-refractivity contribution is -0.384. The first-order chi connectivity index (χ1) is 12.5. The lowest BCUT2D eigenvalue weighted by Crippen LogP contribution is -2.22. The van der Waals surface area contributed by atoms with Gasteiger partial charge in [-0.2, -0.15) is 5.10 Å². The molecule has 2 aromatic carbocycles. The molecule has 0 bridgehead atoms. The Labute approximate surface area is 153 Å². The summed E-state index contributed by atoms with van der Waals surface area (Å²) in [5, 5.41) is 21.0. The molecule has 1 aromatic heterocycles. The summed E-state index contributed by atoms with van der Waals surface area (Å²) in [5.41, 5.74) is 1.84. The first kappa shape index (κ1) is 17.4. The van der Waals surface area contributed by atoms with E-state index in [2.05, 4.69) is 15.7 Å². The van der Waals surface area contributed by atoms with Crippen LogP contribution >= 0.6 is 11.6 Å². The average molecular weight is 372 g/mol. The van der Waals surface area contributed by atoms with Gasteiger partial charge < -0.3 is 10.6 Å². The Balaban J connectivity index is 1.66. The van der Waals surface area contributed by atoms with Crippen molar-refractivity contribution in [3.05, 3.63) is 76.1 Å². The van der Waals surface area contributed by atoms with E-state index in [4.69, 9.17) is 11.6 Å². The second-order valence-corrected chi connectivity index (χ2v) is 5.75.